The lowest BCUT2D eigenvalue weighted by Gasteiger charge is -2.11. The van der Waals surface area contributed by atoms with Gasteiger partial charge < -0.3 is 15.3 Å². The lowest BCUT2D eigenvalue weighted by atomic mass is 10.0. The summed E-state index contributed by atoms with van der Waals surface area (Å²) in [6.45, 7) is 2.17. The first kappa shape index (κ1) is 13.9. The fourth-order valence-corrected chi connectivity index (χ4v) is 1.43. The van der Waals surface area contributed by atoms with Gasteiger partial charge in [0.2, 0.25) is 0 Å². The van der Waals surface area contributed by atoms with E-state index in [1.165, 1.54) is 0 Å². The Morgan fingerprint density at radius 2 is 1.43 bits per heavy atom. The van der Waals surface area contributed by atoms with Crippen LogP contribution in [0.2, 0.25) is 0 Å². The average molecular weight is 204 g/mol. The number of unbranched alkanes of at least 4 members (excludes halogenated alkanes) is 1. The molecular weight excluding hydrogens is 180 g/mol. The molecule has 0 rings (SSSR count). The number of aliphatic hydroxyl groups is 3. The minimum atomic E-state index is -0.259. The standard InChI is InChI=1S/C11H24O3/c1-2-10(13)7-5-8-11(14)6-3-4-9-12/h10-14H,2-9H2,1H3. The molecule has 3 nitrogen and oxygen atoms in total. The predicted octanol–water partition coefficient (Wildman–Crippen LogP) is 1.45. The minimum Gasteiger partial charge on any atom is -0.396 e. The van der Waals surface area contributed by atoms with Crippen LogP contribution in [0.25, 0.3) is 0 Å². The largest absolute Gasteiger partial charge is 0.396 e. The van der Waals surface area contributed by atoms with Crippen molar-refractivity contribution in [3.8, 4) is 0 Å². The van der Waals surface area contributed by atoms with E-state index in [2.05, 4.69) is 0 Å². The van der Waals surface area contributed by atoms with Crippen LogP contribution < -0.4 is 0 Å². The first-order valence-corrected chi connectivity index (χ1v) is 5.67. The number of rotatable bonds is 9. The maximum Gasteiger partial charge on any atom is 0.0540 e. The summed E-state index contributed by atoms with van der Waals surface area (Å²) in [6.07, 6.45) is 5.18. The summed E-state index contributed by atoms with van der Waals surface area (Å²) in [6, 6.07) is 0. The molecule has 0 saturated heterocycles. The van der Waals surface area contributed by atoms with E-state index < -0.39 is 0 Å². The fraction of sp³-hybridized carbons (Fsp3) is 1.00. The summed E-state index contributed by atoms with van der Waals surface area (Å²) < 4.78 is 0. The van der Waals surface area contributed by atoms with Crippen LogP contribution in [-0.4, -0.2) is 34.1 Å². The van der Waals surface area contributed by atoms with E-state index in [9.17, 15) is 10.2 Å². The van der Waals surface area contributed by atoms with Gasteiger partial charge in [-0.05, 0) is 44.9 Å². The second-order valence-electron chi connectivity index (χ2n) is 3.87. The van der Waals surface area contributed by atoms with Gasteiger partial charge in [0.15, 0.2) is 0 Å². The smallest absolute Gasteiger partial charge is 0.0540 e. The molecule has 2 atom stereocenters. The van der Waals surface area contributed by atoms with Gasteiger partial charge in [-0.2, -0.15) is 0 Å². The van der Waals surface area contributed by atoms with Gasteiger partial charge in [0.1, 0.15) is 0 Å². The first-order valence-electron chi connectivity index (χ1n) is 5.67. The molecule has 0 bridgehead atoms. The Kier molecular flexibility index (Phi) is 9.35. The van der Waals surface area contributed by atoms with Crippen LogP contribution in [0.5, 0.6) is 0 Å². The molecule has 0 radical (unpaired) electrons. The molecule has 86 valence electrons. The molecule has 0 aliphatic heterocycles. The van der Waals surface area contributed by atoms with Crippen LogP contribution in [0, 0.1) is 0 Å². The highest BCUT2D eigenvalue weighted by atomic mass is 16.3. The van der Waals surface area contributed by atoms with E-state index in [0.717, 1.165) is 44.9 Å². The quantitative estimate of drug-likeness (QED) is 0.498. The van der Waals surface area contributed by atoms with Crippen LogP contribution in [-0.2, 0) is 0 Å². The van der Waals surface area contributed by atoms with E-state index in [0.29, 0.717) is 0 Å². The zero-order valence-corrected chi connectivity index (χ0v) is 9.15. The second-order valence-corrected chi connectivity index (χ2v) is 3.87. The van der Waals surface area contributed by atoms with Crippen LogP contribution in [0.15, 0.2) is 0 Å². The van der Waals surface area contributed by atoms with Gasteiger partial charge in [-0.25, -0.2) is 0 Å². The average Bonchev–Trinajstić information content (AvgIpc) is 2.18. The molecule has 3 heteroatoms. The van der Waals surface area contributed by atoms with E-state index in [-0.39, 0.29) is 18.8 Å². The van der Waals surface area contributed by atoms with E-state index >= 15 is 0 Å². The van der Waals surface area contributed by atoms with Gasteiger partial charge in [-0.1, -0.05) is 6.92 Å². The zero-order chi connectivity index (χ0) is 10.8. The van der Waals surface area contributed by atoms with Crippen molar-refractivity contribution in [2.45, 2.75) is 64.1 Å². The Bertz CT molecular complexity index is 117. The lowest BCUT2D eigenvalue weighted by molar-refractivity contribution is 0.124. The molecule has 2 unspecified atom stereocenters. The Hall–Kier alpha value is -0.120. The Morgan fingerprint density at radius 1 is 0.857 bits per heavy atom. The molecule has 0 aliphatic rings. The predicted molar refractivity (Wildman–Crippen MR) is 57.1 cm³/mol. The second kappa shape index (κ2) is 9.44. The Labute approximate surface area is 86.8 Å². The molecule has 0 fully saturated rings. The highest BCUT2D eigenvalue weighted by Crippen LogP contribution is 2.10. The van der Waals surface area contributed by atoms with Crippen LogP contribution in [0.3, 0.4) is 0 Å². The Balaban J connectivity index is 3.21. The molecule has 3 N–H and O–H groups in total. The Morgan fingerprint density at radius 3 is 2.00 bits per heavy atom. The fourth-order valence-electron chi connectivity index (χ4n) is 1.43. The maximum absolute atomic E-state index is 9.50. The van der Waals surface area contributed by atoms with Crippen LogP contribution >= 0.6 is 0 Å². The molecule has 0 aromatic heterocycles. The zero-order valence-electron chi connectivity index (χ0n) is 9.15. The van der Waals surface area contributed by atoms with Crippen molar-refractivity contribution in [2.24, 2.45) is 0 Å². The highest BCUT2D eigenvalue weighted by Gasteiger charge is 2.05. The van der Waals surface area contributed by atoms with Crippen molar-refractivity contribution >= 4 is 0 Å². The lowest BCUT2D eigenvalue weighted by Crippen LogP contribution is -2.09. The van der Waals surface area contributed by atoms with Gasteiger partial charge in [0.05, 0.1) is 12.2 Å². The summed E-state index contributed by atoms with van der Waals surface area (Å²) in [4.78, 5) is 0. The third-order valence-electron chi connectivity index (χ3n) is 2.49. The molecule has 0 heterocycles. The van der Waals surface area contributed by atoms with Crippen molar-refractivity contribution in [1.29, 1.82) is 0 Å². The van der Waals surface area contributed by atoms with Crippen LogP contribution in [0.4, 0.5) is 0 Å². The van der Waals surface area contributed by atoms with Gasteiger partial charge in [0, 0.05) is 6.61 Å². The van der Waals surface area contributed by atoms with E-state index in [4.69, 9.17) is 5.11 Å². The summed E-state index contributed by atoms with van der Waals surface area (Å²) >= 11 is 0. The number of aliphatic hydroxyl groups excluding tert-OH is 3. The summed E-state index contributed by atoms with van der Waals surface area (Å²) in [5.41, 5.74) is 0. The molecule has 0 amide bonds. The van der Waals surface area contributed by atoms with Crippen molar-refractivity contribution in [1.82, 2.24) is 0 Å². The van der Waals surface area contributed by atoms with Gasteiger partial charge >= 0.3 is 0 Å². The highest BCUT2D eigenvalue weighted by molar-refractivity contribution is 4.59. The topological polar surface area (TPSA) is 60.7 Å². The molecule has 0 spiro atoms. The molecule has 14 heavy (non-hydrogen) atoms. The SMILES string of the molecule is CCC(O)CCCC(O)CCCCO. The third-order valence-corrected chi connectivity index (χ3v) is 2.49. The third kappa shape index (κ3) is 8.48. The van der Waals surface area contributed by atoms with Crippen molar-refractivity contribution in [2.75, 3.05) is 6.61 Å². The number of hydrogen-bond donors (Lipinski definition) is 3. The monoisotopic (exact) mass is 204 g/mol. The number of hydrogen-bond acceptors (Lipinski definition) is 3. The van der Waals surface area contributed by atoms with Crippen molar-refractivity contribution < 1.29 is 15.3 Å². The van der Waals surface area contributed by atoms with E-state index in [1.54, 1.807) is 0 Å². The van der Waals surface area contributed by atoms with Crippen molar-refractivity contribution in [3.05, 3.63) is 0 Å². The summed E-state index contributed by atoms with van der Waals surface area (Å²) in [5, 5.41) is 27.3. The molecular formula is C11H24O3. The first-order chi connectivity index (χ1) is 6.70. The summed E-state index contributed by atoms with van der Waals surface area (Å²) in [7, 11) is 0. The maximum atomic E-state index is 9.50. The molecule has 0 saturated carbocycles. The van der Waals surface area contributed by atoms with Crippen LogP contribution in [0.1, 0.15) is 51.9 Å². The van der Waals surface area contributed by atoms with Gasteiger partial charge in [0.25, 0.3) is 0 Å². The molecule has 0 aromatic rings. The van der Waals surface area contributed by atoms with Gasteiger partial charge in [-0.3, -0.25) is 0 Å². The molecule has 0 aromatic carbocycles. The van der Waals surface area contributed by atoms with E-state index in [1.807, 2.05) is 6.92 Å². The normalized spacial score (nSPS) is 15.4. The van der Waals surface area contributed by atoms with Gasteiger partial charge in [-0.15, -0.1) is 0 Å². The minimum absolute atomic E-state index is 0.209. The van der Waals surface area contributed by atoms with Crippen molar-refractivity contribution in [3.63, 3.8) is 0 Å². The summed E-state index contributed by atoms with van der Waals surface area (Å²) in [5.74, 6) is 0. The molecule has 0 aliphatic carbocycles.